The van der Waals surface area contributed by atoms with E-state index in [0.717, 1.165) is 27.6 Å². The summed E-state index contributed by atoms with van der Waals surface area (Å²) in [6.07, 6.45) is 0. The molecule has 2 nitrogen and oxygen atoms in total. The molecule has 1 aromatic heterocycles. The second-order valence-electron chi connectivity index (χ2n) is 14.2. The van der Waals surface area contributed by atoms with Gasteiger partial charge in [-0.25, -0.2) is 4.98 Å². The first kappa shape index (κ1) is 29.6. The molecule has 1 heterocycles. The van der Waals surface area contributed by atoms with E-state index in [2.05, 4.69) is 167 Å². The summed E-state index contributed by atoms with van der Waals surface area (Å²) in [6.45, 7) is 8.75. The minimum Gasteiger partial charge on any atom is -0.436 e. The Morgan fingerprint density at radius 1 is 0.412 bits per heavy atom. The number of hydrogen-bond donors (Lipinski definition) is 0. The van der Waals surface area contributed by atoms with Gasteiger partial charge in [0.1, 0.15) is 5.52 Å². The smallest absolute Gasteiger partial charge is 0.227 e. The van der Waals surface area contributed by atoms with Crippen LogP contribution >= 0.6 is 0 Å². The topological polar surface area (TPSA) is 26.0 Å². The van der Waals surface area contributed by atoms with Crippen LogP contribution in [0.4, 0.5) is 0 Å². The van der Waals surface area contributed by atoms with Gasteiger partial charge < -0.3 is 4.42 Å². The number of aromatic nitrogens is 1. The number of aryl methyl sites for hydroxylation is 4. The van der Waals surface area contributed by atoms with Crippen molar-refractivity contribution in [3.8, 4) is 44.8 Å². The molecule has 0 spiro atoms. The second-order valence-corrected chi connectivity index (χ2v) is 14.2. The molecule has 242 valence electrons. The maximum Gasteiger partial charge on any atom is 0.227 e. The SMILES string of the molecule is Cc1ccc(-c2ccc3ccc4c(-c5ccc(C)cc5C)cc(-c5nc6cc(-c7cccc8ccccc78)ccc6o5)c5ccc2c3c54)c(C)c1. The van der Waals surface area contributed by atoms with Crippen LogP contribution in [0.25, 0.3) is 99.0 Å². The van der Waals surface area contributed by atoms with Crippen LogP contribution in [-0.4, -0.2) is 4.98 Å². The fourth-order valence-corrected chi connectivity index (χ4v) is 8.45. The molecule has 0 radical (unpaired) electrons. The molecule has 0 fully saturated rings. The van der Waals surface area contributed by atoms with Gasteiger partial charge in [-0.1, -0.05) is 132 Å². The van der Waals surface area contributed by atoms with Gasteiger partial charge in [-0.3, -0.25) is 0 Å². The number of oxazole rings is 1. The van der Waals surface area contributed by atoms with Crippen molar-refractivity contribution in [3.63, 3.8) is 0 Å². The lowest BCUT2D eigenvalue weighted by molar-refractivity contribution is 0.620. The molecular weight excluding hydrogens is 619 g/mol. The maximum atomic E-state index is 6.67. The van der Waals surface area contributed by atoms with E-state index >= 15 is 0 Å². The normalized spacial score (nSPS) is 11.9. The Balaban J connectivity index is 1.25. The predicted molar refractivity (Wildman–Crippen MR) is 216 cm³/mol. The summed E-state index contributed by atoms with van der Waals surface area (Å²) in [5.74, 6) is 0.638. The third kappa shape index (κ3) is 4.60. The van der Waals surface area contributed by atoms with Crippen molar-refractivity contribution >= 4 is 54.2 Å². The number of nitrogens with zero attached hydrogens (tertiary/aromatic N) is 1. The van der Waals surface area contributed by atoms with Crippen molar-refractivity contribution in [2.75, 3.05) is 0 Å². The van der Waals surface area contributed by atoms with E-state index in [4.69, 9.17) is 9.40 Å². The molecular formula is C49H35NO. The third-order valence-corrected chi connectivity index (χ3v) is 10.8. The molecule has 0 amide bonds. The fourth-order valence-electron chi connectivity index (χ4n) is 8.45. The quantitative estimate of drug-likeness (QED) is 0.177. The van der Waals surface area contributed by atoms with Crippen LogP contribution in [0.2, 0.25) is 0 Å². The number of rotatable bonds is 4. The summed E-state index contributed by atoms with van der Waals surface area (Å²) in [7, 11) is 0. The molecule has 0 saturated carbocycles. The lowest BCUT2D eigenvalue weighted by atomic mass is 9.84. The molecule has 0 aliphatic carbocycles. The Morgan fingerprint density at radius 3 is 1.84 bits per heavy atom. The highest BCUT2D eigenvalue weighted by molar-refractivity contribution is 6.30. The summed E-state index contributed by atoms with van der Waals surface area (Å²) in [5.41, 5.74) is 15.0. The van der Waals surface area contributed by atoms with Gasteiger partial charge in [0.15, 0.2) is 5.58 Å². The Bertz CT molecular complexity index is 3010. The maximum absolute atomic E-state index is 6.67. The fraction of sp³-hybridized carbons (Fsp3) is 0.0816. The molecule has 9 aromatic carbocycles. The van der Waals surface area contributed by atoms with Gasteiger partial charge in [-0.2, -0.15) is 0 Å². The molecule has 0 bridgehead atoms. The van der Waals surface area contributed by atoms with Gasteiger partial charge in [0.25, 0.3) is 0 Å². The Kier molecular flexibility index (Phi) is 6.47. The first-order valence-electron chi connectivity index (χ1n) is 17.7. The zero-order chi connectivity index (χ0) is 34.4. The standard InChI is InChI=1S/C49H35NO/c1-28-12-17-35(30(3)24-28)39-19-14-33-15-20-41-43(36-18-13-29(2)25-31(36)4)27-44(42-22-21-40(39)47(33)48(41)42)49-50-45-26-34(16-23-46(45)51-49)38-11-7-9-32-8-5-6-10-37(32)38/h5-27H,1-4H3. The first-order chi connectivity index (χ1) is 24.9. The van der Waals surface area contributed by atoms with Crippen LogP contribution < -0.4 is 0 Å². The molecule has 0 aliphatic rings. The van der Waals surface area contributed by atoms with Crippen LogP contribution in [0.3, 0.4) is 0 Å². The molecule has 2 heteroatoms. The van der Waals surface area contributed by atoms with E-state index in [1.54, 1.807) is 0 Å². The predicted octanol–water partition coefficient (Wildman–Crippen LogP) is 13.8. The number of benzene rings is 9. The molecule has 51 heavy (non-hydrogen) atoms. The van der Waals surface area contributed by atoms with E-state index in [0.29, 0.717) is 5.89 Å². The molecule has 10 aromatic rings. The molecule has 10 rings (SSSR count). The van der Waals surface area contributed by atoms with Crippen LogP contribution in [0, 0.1) is 27.7 Å². The highest BCUT2D eigenvalue weighted by Gasteiger charge is 2.22. The average Bonchev–Trinajstić information content (AvgIpc) is 3.57. The van der Waals surface area contributed by atoms with Gasteiger partial charge >= 0.3 is 0 Å². The van der Waals surface area contributed by atoms with Crippen LogP contribution in [0.15, 0.2) is 144 Å². The minimum absolute atomic E-state index is 0.638. The van der Waals surface area contributed by atoms with E-state index in [1.807, 2.05) is 0 Å². The highest BCUT2D eigenvalue weighted by Crippen LogP contribution is 2.47. The van der Waals surface area contributed by atoms with Gasteiger partial charge in [0.05, 0.1) is 0 Å². The van der Waals surface area contributed by atoms with Crippen molar-refractivity contribution in [1.29, 1.82) is 0 Å². The lowest BCUT2D eigenvalue weighted by Gasteiger charge is -2.19. The highest BCUT2D eigenvalue weighted by atomic mass is 16.3. The van der Waals surface area contributed by atoms with Crippen molar-refractivity contribution in [2.24, 2.45) is 0 Å². The number of hydrogen-bond acceptors (Lipinski definition) is 2. The van der Waals surface area contributed by atoms with E-state index in [-0.39, 0.29) is 0 Å². The van der Waals surface area contributed by atoms with E-state index in [9.17, 15) is 0 Å². The van der Waals surface area contributed by atoms with Crippen molar-refractivity contribution < 1.29 is 4.42 Å². The van der Waals surface area contributed by atoms with Gasteiger partial charge in [0, 0.05) is 5.56 Å². The Hall–Kier alpha value is -6.25. The van der Waals surface area contributed by atoms with Crippen LogP contribution in [0.1, 0.15) is 22.3 Å². The lowest BCUT2D eigenvalue weighted by Crippen LogP contribution is -1.94. The van der Waals surface area contributed by atoms with E-state index in [1.165, 1.54) is 87.8 Å². The Labute approximate surface area is 297 Å². The van der Waals surface area contributed by atoms with Crippen LogP contribution in [0.5, 0.6) is 0 Å². The molecule has 0 N–H and O–H groups in total. The van der Waals surface area contributed by atoms with Gasteiger partial charge in [-0.15, -0.1) is 0 Å². The average molecular weight is 654 g/mol. The Morgan fingerprint density at radius 2 is 1.06 bits per heavy atom. The summed E-state index contributed by atoms with van der Waals surface area (Å²) in [5, 5.41) is 9.88. The molecule has 0 unspecified atom stereocenters. The minimum atomic E-state index is 0.638. The third-order valence-electron chi connectivity index (χ3n) is 10.8. The van der Waals surface area contributed by atoms with Gasteiger partial charge in [0.2, 0.25) is 5.89 Å². The zero-order valence-electron chi connectivity index (χ0n) is 29.1. The van der Waals surface area contributed by atoms with Crippen molar-refractivity contribution in [3.05, 3.63) is 162 Å². The zero-order valence-corrected chi connectivity index (χ0v) is 29.1. The summed E-state index contributed by atoms with van der Waals surface area (Å²) in [4.78, 5) is 5.22. The van der Waals surface area contributed by atoms with Gasteiger partial charge in [-0.05, 0) is 133 Å². The molecule has 0 saturated heterocycles. The monoisotopic (exact) mass is 653 g/mol. The van der Waals surface area contributed by atoms with Crippen molar-refractivity contribution in [2.45, 2.75) is 27.7 Å². The number of fused-ring (bicyclic) bond motifs is 2. The molecule has 0 aliphatic heterocycles. The summed E-state index contributed by atoms with van der Waals surface area (Å²) >= 11 is 0. The molecule has 0 atom stereocenters. The summed E-state index contributed by atoms with van der Waals surface area (Å²) < 4.78 is 6.67. The van der Waals surface area contributed by atoms with Crippen LogP contribution in [-0.2, 0) is 0 Å². The summed E-state index contributed by atoms with van der Waals surface area (Å²) in [6, 6.07) is 51.0. The van der Waals surface area contributed by atoms with Crippen molar-refractivity contribution in [1.82, 2.24) is 4.98 Å². The first-order valence-corrected chi connectivity index (χ1v) is 17.7. The second kappa shape index (κ2) is 11.1. The van der Waals surface area contributed by atoms with E-state index < -0.39 is 0 Å². The largest absolute Gasteiger partial charge is 0.436 e.